The van der Waals surface area contributed by atoms with E-state index >= 15 is 0 Å². The maximum Gasteiger partial charge on any atom is 0.320 e. The fourth-order valence-electron chi connectivity index (χ4n) is 4.05. The van der Waals surface area contributed by atoms with Crippen LogP contribution in [0.2, 0.25) is 0 Å². The van der Waals surface area contributed by atoms with Crippen LogP contribution in [0, 0.1) is 0 Å². The zero-order chi connectivity index (χ0) is 18.0. The lowest BCUT2D eigenvalue weighted by atomic mass is 10.0. The number of piperidine rings is 1. The highest BCUT2D eigenvalue weighted by Crippen LogP contribution is 2.32. The Morgan fingerprint density at radius 2 is 1.58 bits per heavy atom. The monoisotopic (exact) mass is 361 g/mol. The number of urea groups is 1. The second-order valence-corrected chi connectivity index (χ2v) is 7.02. The molecule has 3 aliphatic rings. The molecule has 3 fully saturated rings. The van der Waals surface area contributed by atoms with Crippen LogP contribution in [-0.2, 0) is 9.47 Å². The van der Waals surface area contributed by atoms with Crippen LogP contribution in [-0.4, -0.2) is 81.2 Å². The van der Waals surface area contributed by atoms with Gasteiger partial charge < -0.3 is 28.9 Å². The fraction of sp³-hybridized carbons (Fsp3) is 0.632. The highest BCUT2D eigenvalue weighted by Gasteiger charge is 2.41. The number of anilines is 1. The van der Waals surface area contributed by atoms with Crippen molar-refractivity contribution in [3.8, 4) is 5.75 Å². The summed E-state index contributed by atoms with van der Waals surface area (Å²) in [5.41, 5.74) is 1.09. The Morgan fingerprint density at radius 1 is 0.962 bits per heavy atom. The van der Waals surface area contributed by atoms with Crippen molar-refractivity contribution in [2.45, 2.75) is 18.6 Å². The SMILES string of the molecule is COc1ccccc1N1CCN(C(=O)N2CCC3(CC2)OCCO3)CC1. The first-order chi connectivity index (χ1) is 12.7. The lowest BCUT2D eigenvalue weighted by Crippen LogP contribution is -2.56. The fourth-order valence-corrected chi connectivity index (χ4v) is 4.05. The van der Waals surface area contributed by atoms with Gasteiger partial charge in [-0.1, -0.05) is 12.1 Å². The number of likely N-dealkylation sites (tertiary alicyclic amines) is 1. The van der Waals surface area contributed by atoms with Crippen molar-refractivity contribution in [3.05, 3.63) is 24.3 Å². The van der Waals surface area contributed by atoms with Gasteiger partial charge in [-0.3, -0.25) is 0 Å². The number of hydrogen-bond donors (Lipinski definition) is 0. The Bertz CT molecular complexity index is 629. The van der Waals surface area contributed by atoms with Gasteiger partial charge in [0.15, 0.2) is 5.79 Å². The first-order valence-corrected chi connectivity index (χ1v) is 9.40. The molecule has 142 valence electrons. The molecule has 2 amide bonds. The van der Waals surface area contributed by atoms with Crippen LogP contribution in [0.15, 0.2) is 24.3 Å². The molecule has 0 atom stereocenters. The number of hydrogen-bond acceptors (Lipinski definition) is 5. The minimum Gasteiger partial charge on any atom is -0.495 e. The van der Waals surface area contributed by atoms with Crippen molar-refractivity contribution in [2.75, 3.05) is 64.5 Å². The molecule has 1 spiro atoms. The van der Waals surface area contributed by atoms with Crippen LogP contribution < -0.4 is 9.64 Å². The van der Waals surface area contributed by atoms with E-state index < -0.39 is 5.79 Å². The molecule has 0 aliphatic carbocycles. The summed E-state index contributed by atoms with van der Waals surface area (Å²) in [5, 5.41) is 0. The van der Waals surface area contributed by atoms with E-state index in [-0.39, 0.29) is 6.03 Å². The first kappa shape index (κ1) is 17.4. The molecule has 0 radical (unpaired) electrons. The maximum absolute atomic E-state index is 12.8. The summed E-state index contributed by atoms with van der Waals surface area (Å²) >= 11 is 0. The highest BCUT2D eigenvalue weighted by atomic mass is 16.7. The van der Waals surface area contributed by atoms with Crippen molar-refractivity contribution in [2.24, 2.45) is 0 Å². The van der Waals surface area contributed by atoms with Gasteiger partial charge in [0, 0.05) is 52.1 Å². The zero-order valence-corrected chi connectivity index (χ0v) is 15.4. The number of carbonyl (C=O) groups excluding carboxylic acids is 1. The van der Waals surface area contributed by atoms with Gasteiger partial charge in [0.05, 0.1) is 26.0 Å². The molecule has 4 rings (SSSR count). The summed E-state index contributed by atoms with van der Waals surface area (Å²) in [6.07, 6.45) is 1.53. The van der Waals surface area contributed by atoms with Gasteiger partial charge in [-0.25, -0.2) is 4.79 Å². The summed E-state index contributed by atoms with van der Waals surface area (Å²) in [7, 11) is 1.69. The topological polar surface area (TPSA) is 54.5 Å². The van der Waals surface area contributed by atoms with Crippen LogP contribution in [0.1, 0.15) is 12.8 Å². The quantitative estimate of drug-likeness (QED) is 0.804. The van der Waals surface area contributed by atoms with Crippen LogP contribution in [0.4, 0.5) is 10.5 Å². The van der Waals surface area contributed by atoms with E-state index in [0.29, 0.717) is 26.3 Å². The van der Waals surface area contributed by atoms with Gasteiger partial charge in [0.1, 0.15) is 5.75 Å². The Kier molecular flexibility index (Phi) is 4.91. The summed E-state index contributed by atoms with van der Waals surface area (Å²) in [5.74, 6) is 0.449. The largest absolute Gasteiger partial charge is 0.495 e. The molecule has 7 heteroatoms. The van der Waals surface area contributed by atoms with Crippen molar-refractivity contribution >= 4 is 11.7 Å². The van der Waals surface area contributed by atoms with Crippen LogP contribution in [0.25, 0.3) is 0 Å². The molecule has 3 heterocycles. The van der Waals surface area contributed by atoms with Crippen molar-refractivity contribution in [1.82, 2.24) is 9.80 Å². The molecule has 3 saturated heterocycles. The first-order valence-electron chi connectivity index (χ1n) is 9.40. The van der Waals surface area contributed by atoms with Gasteiger partial charge in [-0.05, 0) is 12.1 Å². The summed E-state index contributed by atoms with van der Waals surface area (Å²) in [6.45, 7) is 5.82. The lowest BCUT2D eigenvalue weighted by molar-refractivity contribution is -0.181. The lowest BCUT2D eigenvalue weighted by Gasteiger charge is -2.42. The predicted molar refractivity (Wildman–Crippen MR) is 97.6 cm³/mol. The van der Waals surface area contributed by atoms with Gasteiger partial charge in [0.25, 0.3) is 0 Å². The van der Waals surface area contributed by atoms with Crippen LogP contribution >= 0.6 is 0 Å². The third kappa shape index (κ3) is 3.33. The van der Waals surface area contributed by atoms with Crippen molar-refractivity contribution in [1.29, 1.82) is 0 Å². The number of rotatable bonds is 2. The summed E-state index contributed by atoms with van der Waals surface area (Å²) < 4.78 is 17.0. The molecule has 0 bridgehead atoms. The van der Waals surface area contributed by atoms with Gasteiger partial charge in [-0.2, -0.15) is 0 Å². The van der Waals surface area contributed by atoms with Gasteiger partial charge in [-0.15, -0.1) is 0 Å². The molecular formula is C19H27N3O4. The number of amides is 2. The van der Waals surface area contributed by atoms with Gasteiger partial charge in [0.2, 0.25) is 0 Å². The van der Waals surface area contributed by atoms with Crippen LogP contribution in [0.5, 0.6) is 5.75 Å². The Labute approximate surface area is 154 Å². The molecule has 1 aromatic carbocycles. The van der Waals surface area contributed by atoms with E-state index in [0.717, 1.165) is 50.5 Å². The van der Waals surface area contributed by atoms with E-state index in [2.05, 4.69) is 11.0 Å². The minimum absolute atomic E-state index is 0.137. The molecule has 26 heavy (non-hydrogen) atoms. The number of piperazine rings is 1. The summed E-state index contributed by atoms with van der Waals surface area (Å²) in [6, 6.07) is 8.18. The molecule has 0 saturated carbocycles. The number of carbonyl (C=O) groups is 1. The van der Waals surface area contributed by atoms with E-state index in [1.165, 1.54) is 0 Å². The predicted octanol–water partition coefficient (Wildman–Crippen LogP) is 1.78. The number of methoxy groups -OCH3 is 1. The molecule has 1 aromatic rings. The highest BCUT2D eigenvalue weighted by molar-refractivity contribution is 5.75. The van der Waals surface area contributed by atoms with E-state index in [1.807, 2.05) is 28.0 Å². The molecule has 0 aromatic heterocycles. The average Bonchev–Trinajstić information content (AvgIpc) is 3.16. The molecule has 0 unspecified atom stereocenters. The maximum atomic E-state index is 12.8. The smallest absolute Gasteiger partial charge is 0.320 e. The second-order valence-electron chi connectivity index (χ2n) is 7.02. The molecule has 0 N–H and O–H groups in total. The van der Waals surface area contributed by atoms with E-state index in [1.54, 1.807) is 7.11 Å². The molecule has 7 nitrogen and oxygen atoms in total. The van der Waals surface area contributed by atoms with Crippen LogP contribution in [0.3, 0.4) is 0 Å². The third-order valence-corrected chi connectivity index (χ3v) is 5.59. The Morgan fingerprint density at radius 3 is 2.23 bits per heavy atom. The van der Waals surface area contributed by atoms with Crippen molar-refractivity contribution < 1.29 is 19.0 Å². The second kappa shape index (κ2) is 7.32. The van der Waals surface area contributed by atoms with Gasteiger partial charge >= 0.3 is 6.03 Å². The summed E-state index contributed by atoms with van der Waals surface area (Å²) in [4.78, 5) is 19.0. The Hall–Kier alpha value is -1.99. The zero-order valence-electron chi connectivity index (χ0n) is 15.4. The Balaban J connectivity index is 1.31. The average molecular weight is 361 g/mol. The van der Waals surface area contributed by atoms with E-state index in [9.17, 15) is 4.79 Å². The number of nitrogens with zero attached hydrogens (tertiary/aromatic N) is 3. The minimum atomic E-state index is -0.431. The third-order valence-electron chi connectivity index (χ3n) is 5.59. The van der Waals surface area contributed by atoms with Crippen molar-refractivity contribution in [3.63, 3.8) is 0 Å². The number of ether oxygens (including phenoxy) is 3. The standard InChI is InChI=1S/C19H27N3O4/c1-24-17-5-3-2-4-16(17)20-10-12-22(13-11-20)18(23)21-8-6-19(7-9-21)25-14-15-26-19/h2-5H,6-15H2,1H3. The van der Waals surface area contributed by atoms with E-state index in [4.69, 9.17) is 14.2 Å². The normalized spacial score (nSPS) is 22.7. The number of para-hydroxylation sites is 2. The molecule has 3 aliphatic heterocycles. The number of benzene rings is 1. The molecular weight excluding hydrogens is 334 g/mol.